The van der Waals surface area contributed by atoms with Crippen LogP contribution in [0.15, 0.2) is 12.4 Å². The highest BCUT2D eigenvalue weighted by molar-refractivity contribution is 5.38. The largest absolute Gasteiger partial charge is 0.383 e. The molecule has 4 rings (SSSR count). The summed E-state index contributed by atoms with van der Waals surface area (Å²) in [6, 6.07) is 0. The fourth-order valence-corrected chi connectivity index (χ4v) is 4.24. The van der Waals surface area contributed by atoms with Gasteiger partial charge >= 0.3 is 0 Å². The van der Waals surface area contributed by atoms with Crippen LogP contribution in [-0.4, -0.2) is 31.1 Å². The van der Waals surface area contributed by atoms with Crippen molar-refractivity contribution in [3.8, 4) is 0 Å². The van der Waals surface area contributed by atoms with Crippen molar-refractivity contribution in [2.24, 2.45) is 5.92 Å². The summed E-state index contributed by atoms with van der Waals surface area (Å²) in [5.74, 6) is 3.07. The SMILES string of the molecule is c1nn(Cc2nnc3n2CCCC3)cc1NCCC1CCCCCC1. The maximum absolute atomic E-state index is 4.49. The molecule has 0 aromatic carbocycles. The Morgan fingerprint density at radius 1 is 1.04 bits per heavy atom. The Morgan fingerprint density at radius 3 is 2.80 bits per heavy atom. The van der Waals surface area contributed by atoms with Crippen LogP contribution in [0, 0.1) is 5.92 Å². The lowest BCUT2D eigenvalue weighted by molar-refractivity contribution is 0.439. The Labute approximate surface area is 150 Å². The first kappa shape index (κ1) is 16.6. The third-order valence-corrected chi connectivity index (χ3v) is 5.73. The summed E-state index contributed by atoms with van der Waals surface area (Å²) in [5.41, 5.74) is 1.12. The van der Waals surface area contributed by atoms with Gasteiger partial charge in [-0.25, -0.2) is 0 Å². The van der Waals surface area contributed by atoms with Crippen molar-refractivity contribution < 1.29 is 0 Å². The molecule has 1 aliphatic heterocycles. The second kappa shape index (κ2) is 8.02. The van der Waals surface area contributed by atoms with Crippen LogP contribution in [0.5, 0.6) is 0 Å². The predicted molar refractivity (Wildman–Crippen MR) is 98.6 cm³/mol. The van der Waals surface area contributed by atoms with Crippen molar-refractivity contribution in [3.63, 3.8) is 0 Å². The number of nitrogens with zero attached hydrogens (tertiary/aromatic N) is 5. The van der Waals surface area contributed by atoms with E-state index in [9.17, 15) is 0 Å². The van der Waals surface area contributed by atoms with Gasteiger partial charge in [-0.05, 0) is 25.2 Å². The second-order valence-corrected chi connectivity index (χ2v) is 7.64. The number of anilines is 1. The Bertz CT molecular complexity index is 665. The van der Waals surface area contributed by atoms with Gasteiger partial charge in [0.05, 0.1) is 11.9 Å². The summed E-state index contributed by atoms with van der Waals surface area (Å²) in [4.78, 5) is 0. The smallest absolute Gasteiger partial charge is 0.154 e. The van der Waals surface area contributed by atoms with Gasteiger partial charge in [-0.2, -0.15) is 5.10 Å². The Hall–Kier alpha value is -1.85. The number of aryl methyl sites for hydroxylation is 1. The molecule has 2 aliphatic rings. The fourth-order valence-electron chi connectivity index (χ4n) is 4.24. The predicted octanol–water partition coefficient (Wildman–Crippen LogP) is 3.63. The molecule has 0 radical (unpaired) electrons. The number of hydrogen-bond acceptors (Lipinski definition) is 4. The minimum atomic E-state index is 0.706. The molecular formula is C19H30N6. The molecule has 0 unspecified atom stereocenters. The van der Waals surface area contributed by atoms with E-state index in [2.05, 4.69) is 31.4 Å². The van der Waals surface area contributed by atoms with Gasteiger partial charge in [-0.1, -0.05) is 38.5 Å². The number of nitrogens with one attached hydrogen (secondary N) is 1. The highest BCUT2D eigenvalue weighted by Crippen LogP contribution is 2.25. The molecule has 1 aliphatic carbocycles. The standard InChI is InChI=1S/C19H30N6/c1-2-4-8-16(7-3-1)10-11-20-17-13-21-24(14-17)15-19-23-22-18-9-5-6-12-25(18)19/h13-14,16,20H,1-12,15H2. The molecule has 0 bridgehead atoms. The molecule has 2 aromatic heterocycles. The first-order valence-corrected chi connectivity index (χ1v) is 10.1. The van der Waals surface area contributed by atoms with Crippen LogP contribution in [0.25, 0.3) is 0 Å². The van der Waals surface area contributed by atoms with Gasteiger partial charge in [0.15, 0.2) is 5.82 Å². The lowest BCUT2D eigenvalue weighted by Crippen LogP contribution is -2.15. The Morgan fingerprint density at radius 2 is 1.92 bits per heavy atom. The summed E-state index contributed by atoms with van der Waals surface area (Å²) in [5, 5.41) is 16.7. The molecule has 1 fully saturated rings. The zero-order valence-electron chi connectivity index (χ0n) is 15.2. The molecule has 136 valence electrons. The van der Waals surface area contributed by atoms with Crippen LogP contribution in [-0.2, 0) is 19.5 Å². The van der Waals surface area contributed by atoms with Crippen LogP contribution in [0.4, 0.5) is 5.69 Å². The second-order valence-electron chi connectivity index (χ2n) is 7.64. The average Bonchev–Trinajstić information content (AvgIpc) is 3.16. The monoisotopic (exact) mass is 342 g/mol. The zero-order valence-corrected chi connectivity index (χ0v) is 15.2. The van der Waals surface area contributed by atoms with Crippen LogP contribution < -0.4 is 5.32 Å². The van der Waals surface area contributed by atoms with Crippen LogP contribution >= 0.6 is 0 Å². The van der Waals surface area contributed by atoms with Crippen molar-refractivity contribution in [1.82, 2.24) is 24.5 Å². The Kier molecular flexibility index (Phi) is 5.33. The number of fused-ring (bicyclic) bond motifs is 1. The van der Waals surface area contributed by atoms with E-state index in [0.717, 1.165) is 42.8 Å². The van der Waals surface area contributed by atoms with Gasteiger partial charge in [0.25, 0.3) is 0 Å². The lowest BCUT2D eigenvalue weighted by Gasteiger charge is -2.14. The molecule has 3 heterocycles. The summed E-state index contributed by atoms with van der Waals surface area (Å²) >= 11 is 0. The summed E-state index contributed by atoms with van der Waals surface area (Å²) in [6.45, 7) is 2.80. The van der Waals surface area contributed by atoms with E-state index in [4.69, 9.17) is 0 Å². The van der Waals surface area contributed by atoms with Crippen molar-refractivity contribution >= 4 is 5.69 Å². The fraction of sp³-hybridized carbons (Fsp3) is 0.737. The first-order chi connectivity index (χ1) is 12.4. The quantitative estimate of drug-likeness (QED) is 0.814. The normalized spacial score (nSPS) is 18.7. The maximum Gasteiger partial charge on any atom is 0.154 e. The number of aromatic nitrogens is 5. The van der Waals surface area contributed by atoms with Gasteiger partial charge in [0, 0.05) is 25.7 Å². The van der Waals surface area contributed by atoms with Crippen LogP contribution in [0.2, 0.25) is 0 Å². The molecule has 25 heavy (non-hydrogen) atoms. The van der Waals surface area contributed by atoms with E-state index in [-0.39, 0.29) is 0 Å². The molecule has 2 aromatic rings. The lowest BCUT2D eigenvalue weighted by atomic mass is 9.97. The summed E-state index contributed by atoms with van der Waals surface area (Å²) in [7, 11) is 0. The van der Waals surface area contributed by atoms with Crippen LogP contribution in [0.1, 0.15) is 69.4 Å². The topological polar surface area (TPSA) is 60.6 Å². The van der Waals surface area contributed by atoms with E-state index < -0.39 is 0 Å². The van der Waals surface area contributed by atoms with Crippen molar-refractivity contribution in [2.75, 3.05) is 11.9 Å². The van der Waals surface area contributed by atoms with Crippen molar-refractivity contribution in [3.05, 3.63) is 24.0 Å². The highest BCUT2D eigenvalue weighted by Gasteiger charge is 2.16. The molecule has 0 amide bonds. The van der Waals surface area contributed by atoms with Gasteiger partial charge in [0.2, 0.25) is 0 Å². The van der Waals surface area contributed by atoms with E-state index in [1.165, 1.54) is 57.8 Å². The molecule has 1 N–H and O–H groups in total. The average molecular weight is 342 g/mol. The molecule has 0 saturated heterocycles. The van der Waals surface area contributed by atoms with E-state index in [0.29, 0.717) is 6.54 Å². The first-order valence-electron chi connectivity index (χ1n) is 10.1. The summed E-state index contributed by atoms with van der Waals surface area (Å²) in [6.07, 6.45) is 17.4. The van der Waals surface area contributed by atoms with Gasteiger partial charge < -0.3 is 9.88 Å². The molecule has 0 atom stereocenters. The third-order valence-electron chi connectivity index (χ3n) is 5.73. The number of rotatable bonds is 6. The van der Waals surface area contributed by atoms with Crippen molar-refractivity contribution in [1.29, 1.82) is 0 Å². The highest BCUT2D eigenvalue weighted by atomic mass is 15.3. The molecule has 6 nitrogen and oxygen atoms in total. The zero-order chi connectivity index (χ0) is 16.9. The minimum Gasteiger partial charge on any atom is -0.383 e. The molecule has 1 saturated carbocycles. The van der Waals surface area contributed by atoms with E-state index >= 15 is 0 Å². The van der Waals surface area contributed by atoms with Gasteiger partial charge in [-0.3, -0.25) is 4.68 Å². The maximum atomic E-state index is 4.49. The third kappa shape index (κ3) is 4.22. The minimum absolute atomic E-state index is 0.706. The molecule has 0 spiro atoms. The van der Waals surface area contributed by atoms with Crippen molar-refractivity contribution in [2.45, 2.75) is 77.3 Å². The van der Waals surface area contributed by atoms with Crippen LogP contribution in [0.3, 0.4) is 0 Å². The van der Waals surface area contributed by atoms with E-state index in [1.54, 1.807) is 0 Å². The summed E-state index contributed by atoms with van der Waals surface area (Å²) < 4.78 is 4.24. The van der Waals surface area contributed by atoms with Gasteiger partial charge in [0.1, 0.15) is 12.4 Å². The molecule has 6 heteroatoms. The van der Waals surface area contributed by atoms with Gasteiger partial charge in [-0.15, -0.1) is 10.2 Å². The van der Waals surface area contributed by atoms with E-state index in [1.807, 2.05) is 10.9 Å². The number of hydrogen-bond donors (Lipinski definition) is 1. The molecular weight excluding hydrogens is 312 g/mol. The Balaban J connectivity index is 1.28.